The molecule has 4 rings (SSSR count). The smallest absolute Gasteiger partial charge is 0.265 e. The van der Waals surface area contributed by atoms with Crippen LogP contribution in [0.3, 0.4) is 0 Å². The third kappa shape index (κ3) is 4.79. The van der Waals surface area contributed by atoms with E-state index < -0.39 is 0 Å². The summed E-state index contributed by atoms with van der Waals surface area (Å²) in [6, 6.07) is 5.96. The van der Waals surface area contributed by atoms with Crippen molar-refractivity contribution in [1.82, 2.24) is 14.8 Å². The first-order chi connectivity index (χ1) is 14.0. The summed E-state index contributed by atoms with van der Waals surface area (Å²) in [5, 5.41) is 1.96. The summed E-state index contributed by atoms with van der Waals surface area (Å²) in [5.41, 5.74) is 1.55. The van der Waals surface area contributed by atoms with Crippen molar-refractivity contribution in [3.63, 3.8) is 0 Å². The van der Waals surface area contributed by atoms with Gasteiger partial charge >= 0.3 is 0 Å². The molecule has 2 fully saturated rings. The Morgan fingerprint density at radius 3 is 2.45 bits per heavy atom. The van der Waals surface area contributed by atoms with Gasteiger partial charge in [0.1, 0.15) is 9.88 Å². The highest BCUT2D eigenvalue weighted by Crippen LogP contribution is 2.35. The van der Waals surface area contributed by atoms with Crippen LogP contribution in [0.1, 0.15) is 53.9 Å². The molecule has 1 aromatic carbocycles. The molecule has 0 unspecified atom stereocenters. The molecule has 0 bridgehead atoms. The second kappa shape index (κ2) is 9.34. The largest absolute Gasteiger partial charge is 0.338 e. The van der Waals surface area contributed by atoms with E-state index in [1.807, 2.05) is 17.9 Å². The van der Waals surface area contributed by atoms with E-state index in [9.17, 15) is 4.79 Å². The molecule has 2 saturated heterocycles. The molecule has 156 valence electrons. The molecule has 0 aliphatic carbocycles. The van der Waals surface area contributed by atoms with Gasteiger partial charge in [0.2, 0.25) is 0 Å². The molecule has 0 radical (unpaired) electrons. The number of nitrogens with zero attached hydrogens (tertiary/aromatic N) is 3. The molecule has 2 aromatic rings. The Bertz CT molecular complexity index is 869. The zero-order chi connectivity index (χ0) is 20.4. The molecular weight excluding hydrogens is 425 g/mol. The normalized spacial score (nSPS) is 19.3. The highest BCUT2D eigenvalue weighted by molar-refractivity contribution is 7.17. The number of hydrogen-bond donors (Lipinski definition) is 0. The first-order valence-corrected chi connectivity index (χ1v) is 12.1. The number of halogens is 2. The molecule has 29 heavy (non-hydrogen) atoms. The summed E-state index contributed by atoms with van der Waals surface area (Å²) in [6.45, 7) is 5.98. The van der Waals surface area contributed by atoms with Gasteiger partial charge in [-0.05, 0) is 63.9 Å². The molecule has 0 N–H and O–H groups in total. The number of rotatable bonds is 3. The number of piperidine rings is 1. The Balaban J connectivity index is 1.44. The number of carbonyl (C=O) groups excluding carboxylic acids is 1. The Kier molecular flexibility index (Phi) is 6.80. The molecule has 2 aliphatic rings. The molecule has 4 nitrogen and oxygen atoms in total. The Labute approximate surface area is 186 Å². The number of aryl methyl sites for hydroxylation is 1. The van der Waals surface area contributed by atoms with Crippen molar-refractivity contribution < 1.29 is 4.79 Å². The van der Waals surface area contributed by atoms with E-state index in [1.54, 1.807) is 12.1 Å². The lowest BCUT2D eigenvalue weighted by molar-refractivity contribution is 0.0626. The minimum atomic E-state index is 0.0960. The van der Waals surface area contributed by atoms with Crippen LogP contribution < -0.4 is 0 Å². The van der Waals surface area contributed by atoms with Crippen molar-refractivity contribution in [2.45, 2.75) is 51.5 Å². The number of aromatic nitrogens is 1. The van der Waals surface area contributed by atoms with Gasteiger partial charge < -0.3 is 9.80 Å². The van der Waals surface area contributed by atoms with E-state index in [0.29, 0.717) is 21.0 Å². The van der Waals surface area contributed by atoms with Crippen LogP contribution >= 0.6 is 34.5 Å². The summed E-state index contributed by atoms with van der Waals surface area (Å²) < 4.78 is 0. The topological polar surface area (TPSA) is 36.4 Å². The molecule has 7 heteroatoms. The monoisotopic (exact) mass is 451 g/mol. The number of carbonyl (C=O) groups is 1. The zero-order valence-electron chi connectivity index (χ0n) is 16.8. The fourth-order valence-electron chi connectivity index (χ4n) is 4.41. The molecule has 3 heterocycles. The fraction of sp³-hybridized carbons (Fsp3) is 0.545. The second-order valence-corrected chi connectivity index (χ2v) is 9.87. The van der Waals surface area contributed by atoms with Crippen molar-refractivity contribution in [2.75, 3.05) is 26.2 Å². The van der Waals surface area contributed by atoms with Crippen molar-refractivity contribution in [3.05, 3.63) is 38.8 Å². The average Bonchev–Trinajstić information content (AvgIpc) is 2.93. The summed E-state index contributed by atoms with van der Waals surface area (Å²) in [4.78, 5) is 23.2. The van der Waals surface area contributed by atoms with Gasteiger partial charge in [0.15, 0.2) is 0 Å². The number of hydrogen-bond acceptors (Lipinski definition) is 4. The van der Waals surface area contributed by atoms with Crippen LogP contribution in [-0.2, 0) is 0 Å². The SMILES string of the molecule is Cc1nc(-c2cc(Cl)ccc2Cl)sc1C(=O)N1CCC(N2CCCCCC2)CC1. The number of amides is 1. The van der Waals surface area contributed by atoms with E-state index in [1.165, 1.54) is 50.1 Å². The van der Waals surface area contributed by atoms with Crippen molar-refractivity contribution in [2.24, 2.45) is 0 Å². The fourth-order valence-corrected chi connectivity index (χ4v) is 5.91. The van der Waals surface area contributed by atoms with Crippen LogP contribution in [0, 0.1) is 6.92 Å². The average molecular weight is 452 g/mol. The molecule has 2 aliphatic heterocycles. The minimum absolute atomic E-state index is 0.0960. The van der Waals surface area contributed by atoms with Crippen molar-refractivity contribution in [3.8, 4) is 10.6 Å². The first kappa shape index (κ1) is 21.1. The lowest BCUT2D eigenvalue weighted by Crippen LogP contribution is -2.47. The van der Waals surface area contributed by atoms with Gasteiger partial charge in [0, 0.05) is 29.7 Å². The Morgan fingerprint density at radius 2 is 1.76 bits per heavy atom. The van der Waals surface area contributed by atoms with Crippen LogP contribution in [0.25, 0.3) is 10.6 Å². The summed E-state index contributed by atoms with van der Waals surface area (Å²) in [6.07, 6.45) is 7.48. The number of thiazole rings is 1. The van der Waals surface area contributed by atoms with Gasteiger partial charge in [-0.15, -0.1) is 11.3 Å². The molecular formula is C22H27Cl2N3OS. The quantitative estimate of drug-likeness (QED) is 0.581. The number of likely N-dealkylation sites (tertiary alicyclic amines) is 2. The molecule has 0 saturated carbocycles. The van der Waals surface area contributed by atoms with E-state index in [2.05, 4.69) is 9.88 Å². The Morgan fingerprint density at radius 1 is 1.07 bits per heavy atom. The van der Waals surface area contributed by atoms with Crippen molar-refractivity contribution in [1.29, 1.82) is 0 Å². The summed E-state index contributed by atoms with van der Waals surface area (Å²) >= 11 is 13.9. The lowest BCUT2D eigenvalue weighted by atomic mass is 10.0. The van der Waals surface area contributed by atoms with Crippen LogP contribution in [0.2, 0.25) is 10.0 Å². The van der Waals surface area contributed by atoms with Gasteiger partial charge in [0.05, 0.1) is 10.7 Å². The van der Waals surface area contributed by atoms with Crippen LogP contribution in [0.15, 0.2) is 18.2 Å². The van der Waals surface area contributed by atoms with E-state index in [0.717, 1.165) is 42.2 Å². The van der Waals surface area contributed by atoms with Crippen LogP contribution in [0.5, 0.6) is 0 Å². The maximum atomic E-state index is 13.2. The maximum Gasteiger partial charge on any atom is 0.265 e. The highest BCUT2D eigenvalue weighted by atomic mass is 35.5. The minimum Gasteiger partial charge on any atom is -0.338 e. The zero-order valence-corrected chi connectivity index (χ0v) is 19.1. The third-order valence-corrected chi connectivity index (χ3v) is 7.80. The van der Waals surface area contributed by atoms with Crippen molar-refractivity contribution >= 4 is 40.4 Å². The van der Waals surface area contributed by atoms with Crippen LogP contribution in [0.4, 0.5) is 0 Å². The molecule has 1 amide bonds. The van der Waals surface area contributed by atoms with E-state index in [-0.39, 0.29) is 5.91 Å². The predicted molar refractivity (Wildman–Crippen MR) is 121 cm³/mol. The van der Waals surface area contributed by atoms with Gasteiger partial charge in [-0.1, -0.05) is 36.0 Å². The summed E-state index contributed by atoms with van der Waals surface area (Å²) in [7, 11) is 0. The molecule has 1 aromatic heterocycles. The third-order valence-electron chi connectivity index (χ3n) is 6.06. The summed E-state index contributed by atoms with van der Waals surface area (Å²) in [5.74, 6) is 0.0960. The van der Waals surface area contributed by atoms with Gasteiger partial charge in [-0.2, -0.15) is 0 Å². The highest BCUT2D eigenvalue weighted by Gasteiger charge is 2.29. The predicted octanol–water partition coefficient (Wildman–Crippen LogP) is 5.91. The second-order valence-electron chi connectivity index (χ2n) is 8.03. The van der Waals surface area contributed by atoms with Gasteiger partial charge in [0.25, 0.3) is 5.91 Å². The molecule has 0 spiro atoms. The van der Waals surface area contributed by atoms with E-state index in [4.69, 9.17) is 23.2 Å². The lowest BCUT2D eigenvalue weighted by Gasteiger charge is -2.38. The van der Waals surface area contributed by atoms with E-state index >= 15 is 0 Å². The number of benzene rings is 1. The van der Waals surface area contributed by atoms with Crippen LogP contribution in [-0.4, -0.2) is 52.9 Å². The standard InChI is InChI=1S/C22H27Cl2N3OS/c1-15-20(29-21(25-15)18-14-16(23)6-7-19(18)24)22(28)27-12-8-17(9-13-27)26-10-4-2-3-5-11-26/h6-7,14,17H,2-5,8-13H2,1H3. The molecule has 0 atom stereocenters. The Hall–Kier alpha value is -1.14. The van der Waals surface area contributed by atoms with Gasteiger partial charge in [-0.25, -0.2) is 4.98 Å². The van der Waals surface area contributed by atoms with Gasteiger partial charge in [-0.3, -0.25) is 4.79 Å². The maximum absolute atomic E-state index is 13.2. The first-order valence-electron chi connectivity index (χ1n) is 10.5.